The average molecular weight is 375 g/mol. The Morgan fingerprint density at radius 2 is 1.75 bits per heavy atom. The van der Waals surface area contributed by atoms with Crippen LogP contribution in [0.4, 0.5) is 5.69 Å². The van der Waals surface area contributed by atoms with Crippen molar-refractivity contribution in [2.24, 2.45) is 11.8 Å². The molecule has 4 rings (SSSR count). The summed E-state index contributed by atoms with van der Waals surface area (Å²) in [5, 5.41) is 7.00. The van der Waals surface area contributed by atoms with Crippen LogP contribution in [0.3, 0.4) is 0 Å². The van der Waals surface area contributed by atoms with Gasteiger partial charge in [0.05, 0.1) is 0 Å². The van der Waals surface area contributed by atoms with Crippen molar-refractivity contribution in [3.8, 4) is 0 Å². The van der Waals surface area contributed by atoms with Crippen LogP contribution in [0.1, 0.15) is 25.3 Å². The molecule has 1 heterocycles. The van der Waals surface area contributed by atoms with E-state index in [1.54, 1.807) is 0 Å². The van der Waals surface area contributed by atoms with Crippen molar-refractivity contribution in [1.29, 1.82) is 0 Å². The van der Waals surface area contributed by atoms with Gasteiger partial charge in [-0.25, -0.2) is 0 Å². The molecule has 1 aromatic heterocycles. The van der Waals surface area contributed by atoms with Gasteiger partial charge in [-0.1, -0.05) is 43.3 Å². The number of H-pyrrole nitrogens is 1. The van der Waals surface area contributed by atoms with E-state index in [4.69, 9.17) is 0 Å². The van der Waals surface area contributed by atoms with Gasteiger partial charge >= 0.3 is 0 Å². The van der Waals surface area contributed by atoms with Crippen LogP contribution in [0.2, 0.25) is 0 Å². The number of para-hydroxylation sites is 2. The number of aromatic amines is 1. The van der Waals surface area contributed by atoms with Gasteiger partial charge in [0.25, 0.3) is 0 Å². The molecule has 1 aliphatic rings. The van der Waals surface area contributed by atoms with E-state index in [-0.39, 0.29) is 17.7 Å². The van der Waals surface area contributed by atoms with Crippen LogP contribution in [0, 0.1) is 11.8 Å². The third-order valence-electron chi connectivity index (χ3n) is 5.52. The van der Waals surface area contributed by atoms with Crippen LogP contribution in [-0.2, 0) is 16.0 Å². The van der Waals surface area contributed by atoms with E-state index in [1.807, 2.05) is 67.7 Å². The molecule has 0 aliphatic heterocycles. The van der Waals surface area contributed by atoms with E-state index in [2.05, 4.69) is 15.6 Å². The van der Waals surface area contributed by atoms with Gasteiger partial charge in [0.15, 0.2) is 0 Å². The fraction of sp³-hybridized carbons (Fsp3) is 0.304. The fourth-order valence-electron chi connectivity index (χ4n) is 3.59. The summed E-state index contributed by atoms with van der Waals surface area (Å²) in [4.78, 5) is 28.9. The highest BCUT2D eigenvalue weighted by Crippen LogP contribution is 2.36. The van der Waals surface area contributed by atoms with E-state index in [1.165, 1.54) is 0 Å². The number of amides is 2. The van der Waals surface area contributed by atoms with Gasteiger partial charge in [-0.2, -0.15) is 0 Å². The summed E-state index contributed by atoms with van der Waals surface area (Å²) < 4.78 is 0. The minimum absolute atomic E-state index is 0.0458. The molecule has 1 saturated carbocycles. The van der Waals surface area contributed by atoms with Gasteiger partial charge in [-0.3, -0.25) is 9.59 Å². The second-order valence-electron chi connectivity index (χ2n) is 7.61. The van der Waals surface area contributed by atoms with Gasteiger partial charge < -0.3 is 15.6 Å². The number of nitrogens with one attached hydrogen (secondary N) is 3. The summed E-state index contributed by atoms with van der Waals surface area (Å²) in [5.41, 5.74) is 2.77. The molecule has 1 fully saturated rings. The normalized spacial score (nSPS) is 15.8. The Bertz CT molecular complexity index is 976. The Labute approximate surface area is 164 Å². The number of rotatable bonds is 7. The topological polar surface area (TPSA) is 74.0 Å². The van der Waals surface area contributed by atoms with Crippen molar-refractivity contribution in [2.45, 2.75) is 32.2 Å². The molecule has 2 atom stereocenters. The first-order valence-corrected chi connectivity index (χ1v) is 9.83. The van der Waals surface area contributed by atoms with Crippen molar-refractivity contribution < 1.29 is 9.59 Å². The molecule has 2 aromatic carbocycles. The first-order valence-electron chi connectivity index (χ1n) is 9.83. The lowest BCUT2D eigenvalue weighted by Gasteiger charge is -2.21. The van der Waals surface area contributed by atoms with E-state index < -0.39 is 6.04 Å². The van der Waals surface area contributed by atoms with Crippen molar-refractivity contribution in [1.82, 2.24) is 10.3 Å². The van der Waals surface area contributed by atoms with E-state index in [9.17, 15) is 9.59 Å². The largest absolute Gasteiger partial charge is 0.361 e. The highest BCUT2D eigenvalue weighted by molar-refractivity contribution is 5.98. The summed E-state index contributed by atoms with van der Waals surface area (Å²) in [5.74, 6) is 0.143. The van der Waals surface area contributed by atoms with Crippen LogP contribution in [0.25, 0.3) is 10.9 Å². The third-order valence-corrected chi connectivity index (χ3v) is 5.52. The quantitative estimate of drug-likeness (QED) is 0.586. The number of benzene rings is 2. The molecule has 2 amide bonds. The highest BCUT2D eigenvalue weighted by atomic mass is 16.2. The molecule has 0 radical (unpaired) electrons. The number of carbonyl (C=O) groups excluding carboxylic acids is 2. The molecule has 2 unspecified atom stereocenters. The van der Waals surface area contributed by atoms with E-state index in [0.717, 1.165) is 35.0 Å². The summed E-state index contributed by atoms with van der Waals surface area (Å²) in [6.45, 7) is 1.95. The number of hydrogen-bond acceptors (Lipinski definition) is 2. The molecule has 0 bridgehead atoms. The first-order chi connectivity index (χ1) is 13.6. The van der Waals surface area contributed by atoms with Crippen LogP contribution in [-0.4, -0.2) is 22.8 Å². The maximum Gasteiger partial charge on any atom is 0.247 e. The third kappa shape index (κ3) is 4.09. The lowest BCUT2D eigenvalue weighted by Crippen LogP contribution is -2.47. The molecule has 0 spiro atoms. The van der Waals surface area contributed by atoms with Gasteiger partial charge in [0.2, 0.25) is 11.8 Å². The van der Waals surface area contributed by atoms with Crippen LogP contribution >= 0.6 is 0 Å². The SMILES string of the molecule is CC(C(=O)NC(Cc1c[nH]c2ccccc12)C(=O)Nc1ccccc1)C1CC1. The van der Waals surface area contributed by atoms with Gasteiger partial charge in [0.1, 0.15) is 6.04 Å². The van der Waals surface area contributed by atoms with Gasteiger partial charge in [-0.15, -0.1) is 0 Å². The monoisotopic (exact) mass is 375 g/mol. The molecule has 5 nitrogen and oxygen atoms in total. The minimum Gasteiger partial charge on any atom is -0.361 e. The Balaban J connectivity index is 1.55. The predicted octanol–water partition coefficient (Wildman–Crippen LogP) is 3.88. The Kier molecular flexibility index (Phi) is 5.15. The smallest absolute Gasteiger partial charge is 0.247 e. The van der Waals surface area contributed by atoms with Gasteiger partial charge in [-0.05, 0) is 42.5 Å². The van der Waals surface area contributed by atoms with Crippen LogP contribution < -0.4 is 10.6 Å². The summed E-state index contributed by atoms with van der Waals surface area (Å²) in [6, 6.07) is 16.7. The summed E-state index contributed by atoms with van der Waals surface area (Å²) in [6.07, 6.45) is 4.55. The van der Waals surface area contributed by atoms with Crippen molar-refractivity contribution in [3.63, 3.8) is 0 Å². The first kappa shape index (κ1) is 18.3. The molecule has 28 heavy (non-hydrogen) atoms. The Hall–Kier alpha value is -3.08. The molecule has 0 saturated heterocycles. The van der Waals surface area contributed by atoms with Crippen molar-refractivity contribution in [2.75, 3.05) is 5.32 Å². The maximum absolute atomic E-state index is 13.0. The second-order valence-corrected chi connectivity index (χ2v) is 7.61. The zero-order valence-corrected chi connectivity index (χ0v) is 15.9. The molecule has 1 aliphatic carbocycles. The number of aromatic nitrogens is 1. The predicted molar refractivity (Wildman–Crippen MR) is 111 cm³/mol. The second kappa shape index (κ2) is 7.89. The lowest BCUT2D eigenvalue weighted by molar-refractivity contribution is -0.129. The zero-order chi connectivity index (χ0) is 19.5. The Morgan fingerprint density at radius 3 is 2.50 bits per heavy atom. The van der Waals surface area contributed by atoms with Gasteiger partial charge in [0, 0.05) is 35.1 Å². The number of fused-ring (bicyclic) bond motifs is 1. The molecular weight excluding hydrogens is 350 g/mol. The summed E-state index contributed by atoms with van der Waals surface area (Å²) in [7, 11) is 0. The standard InChI is InChI=1S/C23H25N3O2/c1-15(16-11-12-16)22(27)26-21(23(28)25-18-7-3-2-4-8-18)13-17-14-24-20-10-6-5-9-19(17)20/h2-10,14-16,21,24H,11-13H2,1H3,(H,25,28)(H,26,27). The zero-order valence-electron chi connectivity index (χ0n) is 15.9. The highest BCUT2D eigenvalue weighted by Gasteiger charge is 2.34. The summed E-state index contributed by atoms with van der Waals surface area (Å²) >= 11 is 0. The van der Waals surface area contributed by atoms with E-state index >= 15 is 0 Å². The molecule has 144 valence electrons. The fourth-order valence-corrected chi connectivity index (χ4v) is 3.59. The minimum atomic E-state index is -0.631. The molecule has 5 heteroatoms. The van der Waals surface area contributed by atoms with Crippen molar-refractivity contribution >= 4 is 28.4 Å². The molecule has 3 aromatic rings. The maximum atomic E-state index is 13.0. The Morgan fingerprint density at radius 1 is 1.04 bits per heavy atom. The molecule has 3 N–H and O–H groups in total. The van der Waals surface area contributed by atoms with Crippen molar-refractivity contribution in [3.05, 3.63) is 66.4 Å². The average Bonchev–Trinajstić information content (AvgIpc) is 3.49. The van der Waals surface area contributed by atoms with Crippen LogP contribution in [0.5, 0.6) is 0 Å². The number of anilines is 1. The van der Waals surface area contributed by atoms with E-state index in [0.29, 0.717) is 12.3 Å². The molecular formula is C23H25N3O2. The lowest BCUT2D eigenvalue weighted by atomic mass is 10.0. The number of hydrogen-bond donors (Lipinski definition) is 3. The number of carbonyl (C=O) groups is 2. The van der Waals surface area contributed by atoms with Crippen LogP contribution in [0.15, 0.2) is 60.8 Å².